The number of hydrogen-bond donors (Lipinski definition) is 0. The van der Waals surface area contributed by atoms with Gasteiger partial charge in [0.1, 0.15) is 0 Å². The van der Waals surface area contributed by atoms with Gasteiger partial charge in [-0.15, -0.1) is 0 Å². The molecule has 0 saturated heterocycles. The van der Waals surface area contributed by atoms with Crippen molar-refractivity contribution in [3.8, 4) is 0 Å². The molecule has 0 atom stereocenters. The summed E-state index contributed by atoms with van der Waals surface area (Å²) in [5, 5.41) is 0. The van der Waals surface area contributed by atoms with Gasteiger partial charge in [0.25, 0.3) is 0 Å². The van der Waals surface area contributed by atoms with Crippen LogP contribution in [0.4, 0.5) is 0 Å². The van der Waals surface area contributed by atoms with Crippen LogP contribution in [0.5, 0.6) is 0 Å². The van der Waals surface area contributed by atoms with Crippen LogP contribution in [0.3, 0.4) is 0 Å². The van der Waals surface area contributed by atoms with Gasteiger partial charge in [0.15, 0.2) is 0 Å². The largest absolute Gasteiger partial charge is 0.256 e. The maximum absolute atomic E-state index is 4.52. The number of rotatable bonds is 3. The fraction of sp³-hybridized carbons (Fsp3) is 0.278. The highest BCUT2D eigenvalue weighted by atomic mass is 14.7. The van der Waals surface area contributed by atoms with Gasteiger partial charge in [-0.05, 0) is 43.0 Å². The van der Waals surface area contributed by atoms with Crippen molar-refractivity contribution in [1.82, 2.24) is 4.98 Å². The van der Waals surface area contributed by atoms with E-state index in [1.165, 1.54) is 22.3 Å². The first kappa shape index (κ1) is 13.5. The highest BCUT2D eigenvalue weighted by Gasteiger charge is 2.13. The number of benzene rings is 1. The summed E-state index contributed by atoms with van der Waals surface area (Å²) in [6.07, 6.45) is 1.86. The molecule has 19 heavy (non-hydrogen) atoms. The third kappa shape index (κ3) is 2.93. The van der Waals surface area contributed by atoms with Gasteiger partial charge in [-0.1, -0.05) is 49.8 Å². The average molecular weight is 251 g/mol. The minimum Gasteiger partial charge on any atom is -0.256 e. The first-order valence-electron chi connectivity index (χ1n) is 6.79. The van der Waals surface area contributed by atoms with E-state index in [0.29, 0.717) is 5.92 Å². The van der Waals surface area contributed by atoms with E-state index in [9.17, 15) is 0 Å². The second-order valence-electron chi connectivity index (χ2n) is 5.33. The minimum absolute atomic E-state index is 0.509. The summed E-state index contributed by atoms with van der Waals surface area (Å²) in [4.78, 5) is 4.52. The lowest BCUT2D eigenvalue weighted by atomic mass is 9.89. The zero-order chi connectivity index (χ0) is 13.8. The van der Waals surface area contributed by atoms with Crippen molar-refractivity contribution in [2.75, 3.05) is 0 Å². The first-order valence-corrected chi connectivity index (χ1v) is 6.79. The van der Waals surface area contributed by atoms with Gasteiger partial charge in [0, 0.05) is 11.8 Å². The Morgan fingerprint density at radius 3 is 2.21 bits per heavy atom. The molecule has 0 spiro atoms. The number of hydrogen-bond acceptors (Lipinski definition) is 1. The summed E-state index contributed by atoms with van der Waals surface area (Å²) in [5.74, 6) is 0.509. The topological polar surface area (TPSA) is 12.9 Å². The SMILES string of the molecule is CC(C)=C(c1ccccn1)c1ccccc1C(C)C. The summed E-state index contributed by atoms with van der Waals surface area (Å²) in [7, 11) is 0. The Hall–Kier alpha value is -1.89. The molecule has 0 bridgehead atoms. The van der Waals surface area contributed by atoms with E-state index in [4.69, 9.17) is 0 Å². The molecular formula is C18H21N. The maximum atomic E-state index is 4.52. The van der Waals surface area contributed by atoms with Crippen LogP contribution in [-0.4, -0.2) is 4.98 Å². The number of nitrogens with zero attached hydrogens (tertiary/aromatic N) is 1. The van der Waals surface area contributed by atoms with E-state index in [-0.39, 0.29) is 0 Å². The molecule has 0 aliphatic carbocycles. The highest BCUT2D eigenvalue weighted by molar-refractivity contribution is 5.81. The van der Waals surface area contributed by atoms with E-state index in [1.807, 2.05) is 18.3 Å². The van der Waals surface area contributed by atoms with E-state index in [1.54, 1.807) is 0 Å². The van der Waals surface area contributed by atoms with E-state index in [2.05, 4.69) is 63.0 Å². The third-order valence-electron chi connectivity index (χ3n) is 3.27. The summed E-state index contributed by atoms with van der Waals surface area (Å²) in [6.45, 7) is 8.78. The molecule has 98 valence electrons. The molecule has 2 rings (SSSR count). The van der Waals surface area contributed by atoms with E-state index >= 15 is 0 Å². The molecule has 2 aromatic rings. The maximum Gasteiger partial charge on any atom is 0.0707 e. The van der Waals surface area contributed by atoms with Crippen LogP contribution in [0.25, 0.3) is 5.57 Å². The second kappa shape index (κ2) is 5.83. The molecule has 0 aliphatic rings. The fourth-order valence-electron chi connectivity index (χ4n) is 2.40. The molecule has 1 heterocycles. The molecule has 1 nitrogen and oxygen atoms in total. The van der Waals surface area contributed by atoms with Crippen LogP contribution in [0, 0.1) is 0 Å². The summed E-state index contributed by atoms with van der Waals surface area (Å²) in [5.41, 5.74) is 6.29. The molecule has 1 aromatic carbocycles. The smallest absolute Gasteiger partial charge is 0.0707 e. The molecule has 0 fully saturated rings. The number of allylic oxidation sites excluding steroid dienone is 1. The molecule has 0 amide bonds. The van der Waals surface area contributed by atoms with E-state index in [0.717, 1.165) is 5.69 Å². The summed E-state index contributed by atoms with van der Waals surface area (Å²) in [6, 6.07) is 14.7. The Bertz CT molecular complexity index is 576. The lowest BCUT2D eigenvalue weighted by Gasteiger charge is -2.17. The predicted molar refractivity (Wildman–Crippen MR) is 82.1 cm³/mol. The number of pyridine rings is 1. The Kier molecular flexibility index (Phi) is 4.16. The van der Waals surface area contributed by atoms with Crippen molar-refractivity contribution in [2.24, 2.45) is 0 Å². The average Bonchev–Trinajstić information content (AvgIpc) is 2.40. The number of aromatic nitrogens is 1. The highest BCUT2D eigenvalue weighted by Crippen LogP contribution is 2.31. The van der Waals surface area contributed by atoms with Gasteiger partial charge in [0.2, 0.25) is 0 Å². The molecule has 0 N–H and O–H groups in total. The van der Waals surface area contributed by atoms with Gasteiger partial charge < -0.3 is 0 Å². The van der Waals surface area contributed by atoms with E-state index < -0.39 is 0 Å². The fourth-order valence-corrected chi connectivity index (χ4v) is 2.40. The Balaban J connectivity index is 2.64. The van der Waals surface area contributed by atoms with Gasteiger partial charge in [-0.25, -0.2) is 0 Å². The first-order chi connectivity index (χ1) is 9.11. The second-order valence-corrected chi connectivity index (χ2v) is 5.33. The zero-order valence-corrected chi connectivity index (χ0v) is 12.1. The lowest BCUT2D eigenvalue weighted by Crippen LogP contribution is -2.00. The quantitative estimate of drug-likeness (QED) is 0.744. The van der Waals surface area contributed by atoms with Gasteiger partial charge >= 0.3 is 0 Å². The van der Waals surface area contributed by atoms with Gasteiger partial charge in [0.05, 0.1) is 5.69 Å². The van der Waals surface area contributed by atoms with Crippen molar-refractivity contribution in [1.29, 1.82) is 0 Å². The molecular weight excluding hydrogens is 230 g/mol. The monoisotopic (exact) mass is 251 g/mol. The van der Waals surface area contributed by atoms with Crippen LogP contribution in [0.15, 0.2) is 54.2 Å². The summed E-state index contributed by atoms with van der Waals surface area (Å²) >= 11 is 0. The van der Waals surface area contributed by atoms with Crippen LogP contribution < -0.4 is 0 Å². The molecule has 0 radical (unpaired) electrons. The molecule has 0 aliphatic heterocycles. The molecule has 1 heteroatoms. The molecule has 1 aromatic heterocycles. The van der Waals surface area contributed by atoms with Crippen molar-refractivity contribution in [3.63, 3.8) is 0 Å². The predicted octanol–water partition coefficient (Wildman–Crippen LogP) is 5.05. The Morgan fingerprint density at radius 1 is 0.947 bits per heavy atom. The van der Waals surface area contributed by atoms with Crippen molar-refractivity contribution in [2.45, 2.75) is 33.6 Å². The summed E-state index contributed by atoms with van der Waals surface area (Å²) < 4.78 is 0. The molecule has 0 unspecified atom stereocenters. The zero-order valence-electron chi connectivity index (χ0n) is 12.1. The van der Waals surface area contributed by atoms with Gasteiger partial charge in [-0.3, -0.25) is 4.98 Å². The van der Waals surface area contributed by atoms with Gasteiger partial charge in [-0.2, -0.15) is 0 Å². The van der Waals surface area contributed by atoms with Crippen molar-refractivity contribution >= 4 is 5.57 Å². The molecule has 0 saturated carbocycles. The lowest BCUT2D eigenvalue weighted by molar-refractivity contribution is 0.862. The minimum atomic E-state index is 0.509. The van der Waals surface area contributed by atoms with Crippen molar-refractivity contribution in [3.05, 3.63) is 71.1 Å². The van der Waals surface area contributed by atoms with Crippen LogP contribution in [0.2, 0.25) is 0 Å². The van der Waals surface area contributed by atoms with Crippen LogP contribution in [0.1, 0.15) is 50.4 Å². The normalized spacial score (nSPS) is 10.6. The Morgan fingerprint density at radius 2 is 1.63 bits per heavy atom. The Labute approximate surface area is 116 Å². The third-order valence-corrected chi connectivity index (χ3v) is 3.27. The van der Waals surface area contributed by atoms with Crippen LogP contribution in [-0.2, 0) is 0 Å². The van der Waals surface area contributed by atoms with Crippen molar-refractivity contribution < 1.29 is 0 Å². The standard InChI is InChI=1S/C18H21N/c1-13(2)15-9-5-6-10-16(15)18(14(3)4)17-11-7-8-12-19-17/h5-13H,1-4H3. The van der Waals surface area contributed by atoms with Crippen LogP contribution >= 0.6 is 0 Å².